The standard InChI is InChI=1S/C23H17F3N2O3/c1-30-16-3-4-17-20(12-16)27-7-6-21(17)31-9-8-28-13-14(2-5-22(28)29)15-10-18(24)23(26)19(25)11-15/h2-7,10-13H,8-9H2,1H3. The van der Waals surface area contributed by atoms with Gasteiger partial charge in [-0.3, -0.25) is 9.78 Å². The molecule has 2 heterocycles. The lowest BCUT2D eigenvalue weighted by Crippen LogP contribution is -2.22. The molecule has 0 spiro atoms. The molecule has 158 valence electrons. The molecule has 0 saturated heterocycles. The number of benzene rings is 2. The molecule has 0 unspecified atom stereocenters. The molecule has 0 atom stereocenters. The smallest absolute Gasteiger partial charge is 0.250 e. The third-order valence-electron chi connectivity index (χ3n) is 4.80. The molecule has 31 heavy (non-hydrogen) atoms. The van der Waals surface area contributed by atoms with Crippen LogP contribution in [0, 0.1) is 17.5 Å². The van der Waals surface area contributed by atoms with Gasteiger partial charge in [-0.1, -0.05) is 0 Å². The first-order chi connectivity index (χ1) is 15.0. The van der Waals surface area contributed by atoms with Crippen LogP contribution in [0.3, 0.4) is 0 Å². The predicted molar refractivity (Wildman–Crippen MR) is 110 cm³/mol. The molecule has 5 nitrogen and oxygen atoms in total. The average Bonchev–Trinajstić information content (AvgIpc) is 2.78. The number of methoxy groups -OCH3 is 1. The molecule has 0 saturated carbocycles. The second kappa shape index (κ2) is 8.51. The first-order valence-corrected chi connectivity index (χ1v) is 9.37. The van der Waals surface area contributed by atoms with E-state index in [4.69, 9.17) is 9.47 Å². The van der Waals surface area contributed by atoms with Crippen LogP contribution in [-0.2, 0) is 6.54 Å². The third kappa shape index (κ3) is 4.23. The fraction of sp³-hybridized carbons (Fsp3) is 0.130. The van der Waals surface area contributed by atoms with Gasteiger partial charge in [0.15, 0.2) is 17.5 Å². The van der Waals surface area contributed by atoms with E-state index in [9.17, 15) is 18.0 Å². The minimum atomic E-state index is -1.53. The van der Waals surface area contributed by atoms with E-state index >= 15 is 0 Å². The van der Waals surface area contributed by atoms with Crippen molar-refractivity contribution in [1.82, 2.24) is 9.55 Å². The van der Waals surface area contributed by atoms with Gasteiger partial charge in [0.1, 0.15) is 18.1 Å². The van der Waals surface area contributed by atoms with Crippen molar-refractivity contribution in [3.8, 4) is 22.6 Å². The summed E-state index contributed by atoms with van der Waals surface area (Å²) in [4.78, 5) is 16.5. The van der Waals surface area contributed by atoms with E-state index in [2.05, 4.69) is 4.98 Å². The molecule has 4 rings (SSSR count). The SMILES string of the molecule is COc1ccc2c(OCCn3cc(-c4cc(F)c(F)c(F)c4)ccc3=O)ccnc2c1. The van der Waals surface area contributed by atoms with Gasteiger partial charge in [-0.2, -0.15) is 0 Å². The topological polar surface area (TPSA) is 53.4 Å². The zero-order valence-corrected chi connectivity index (χ0v) is 16.4. The highest BCUT2D eigenvalue weighted by Gasteiger charge is 2.12. The highest BCUT2D eigenvalue weighted by Crippen LogP contribution is 2.27. The number of fused-ring (bicyclic) bond motifs is 1. The van der Waals surface area contributed by atoms with Crippen LogP contribution in [0.2, 0.25) is 0 Å². The fourth-order valence-electron chi connectivity index (χ4n) is 3.21. The highest BCUT2D eigenvalue weighted by molar-refractivity contribution is 5.85. The van der Waals surface area contributed by atoms with Gasteiger partial charge in [-0.15, -0.1) is 0 Å². The Kier molecular flexibility index (Phi) is 5.62. The van der Waals surface area contributed by atoms with E-state index in [0.29, 0.717) is 22.6 Å². The molecule has 0 N–H and O–H groups in total. The zero-order valence-electron chi connectivity index (χ0n) is 16.4. The molecule has 0 fully saturated rings. The van der Waals surface area contributed by atoms with Crippen molar-refractivity contribution in [2.24, 2.45) is 0 Å². The van der Waals surface area contributed by atoms with Crippen molar-refractivity contribution in [3.63, 3.8) is 0 Å². The number of nitrogens with zero attached hydrogens (tertiary/aromatic N) is 2. The molecule has 0 aliphatic rings. The van der Waals surface area contributed by atoms with Crippen molar-refractivity contribution < 1.29 is 22.6 Å². The van der Waals surface area contributed by atoms with E-state index in [-0.39, 0.29) is 24.3 Å². The number of halogens is 3. The maximum Gasteiger partial charge on any atom is 0.250 e. The van der Waals surface area contributed by atoms with Gasteiger partial charge in [-0.25, -0.2) is 13.2 Å². The molecule has 2 aromatic heterocycles. The van der Waals surface area contributed by atoms with Crippen LogP contribution < -0.4 is 15.0 Å². The number of rotatable bonds is 6. The Morgan fingerprint density at radius 1 is 0.968 bits per heavy atom. The van der Waals surface area contributed by atoms with E-state index < -0.39 is 17.5 Å². The summed E-state index contributed by atoms with van der Waals surface area (Å²) in [6.45, 7) is 0.361. The first-order valence-electron chi connectivity index (χ1n) is 9.37. The van der Waals surface area contributed by atoms with Crippen LogP contribution in [-0.4, -0.2) is 23.3 Å². The first kappa shape index (κ1) is 20.5. The summed E-state index contributed by atoms with van der Waals surface area (Å²) in [7, 11) is 1.57. The molecule has 0 bridgehead atoms. The lowest BCUT2D eigenvalue weighted by molar-refractivity contribution is 0.299. The number of hydrogen-bond acceptors (Lipinski definition) is 4. The van der Waals surface area contributed by atoms with Gasteiger partial charge < -0.3 is 14.0 Å². The summed E-state index contributed by atoms with van der Waals surface area (Å²) in [5.41, 5.74) is 0.898. The molecule has 2 aromatic carbocycles. The van der Waals surface area contributed by atoms with Crippen molar-refractivity contribution in [2.45, 2.75) is 6.54 Å². The maximum absolute atomic E-state index is 13.6. The van der Waals surface area contributed by atoms with Crippen LogP contribution in [0.15, 0.2) is 65.7 Å². The Balaban J connectivity index is 1.54. The summed E-state index contributed by atoms with van der Waals surface area (Å²) in [5, 5.41) is 0.793. The Morgan fingerprint density at radius 3 is 2.48 bits per heavy atom. The summed E-state index contributed by atoms with van der Waals surface area (Å²) in [6, 6.07) is 11.6. The van der Waals surface area contributed by atoms with E-state index in [1.165, 1.54) is 22.9 Å². The second-order valence-corrected chi connectivity index (χ2v) is 6.74. The largest absolute Gasteiger partial charge is 0.497 e. The van der Waals surface area contributed by atoms with Crippen molar-refractivity contribution in [1.29, 1.82) is 0 Å². The minimum absolute atomic E-state index is 0.125. The minimum Gasteiger partial charge on any atom is -0.497 e. The number of pyridine rings is 2. The Labute approximate surface area is 175 Å². The van der Waals surface area contributed by atoms with Gasteiger partial charge >= 0.3 is 0 Å². The van der Waals surface area contributed by atoms with Crippen LogP contribution in [0.5, 0.6) is 11.5 Å². The Morgan fingerprint density at radius 2 is 1.74 bits per heavy atom. The Bertz CT molecular complexity index is 1300. The van der Waals surface area contributed by atoms with Gasteiger partial charge in [0.2, 0.25) is 0 Å². The Hall–Kier alpha value is -3.81. The fourth-order valence-corrected chi connectivity index (χ4v) is 3.21. The summed E-state index contributed by atoms with van der Waals surface area (Å²) >= 11 is 0. The molecule has 4 aromatic rings. The second-order valence-electron chi connectivity index (χ2n) is 6.74. The summed E-state index contributed by atoms with van der Waals surface area (Å²) in [6.07, 6.45) is 3.06. The van der Waals surface area contributed by atoms with E-state index in [0.717, 1.165) is 17.5 Å². The van der Waals surface area contributed by atoms with E-state index in [1.54, 1.807) is 31.5 Å². The van der Waals surface area contributed by atoms with Gasteiger partial charge in [0.25, 0.3) is 5.56 Å². The monoisotopic (exact) mass is 426 g/mol. The van der Waals surface area contributed by atoms with Crippen LogP contribution in [0.25, 0.3) is 22.0 Å². The molecule has 8 heteroatoms. The summed E-state index contributed by atoms with van der Waals surface area (Å²) < 4.78 is 52.7. The van der Waals surface area contributed by atoms with Gasteiger partial charge in [-0.05, 0) is 47.5 Å². The highest BCUT2D eigenvalue weighted by atomic mass is 19.2. The van der Waals surface area contributed by atoms with Crippen LogP contribution in [0.4, 0.5) is 13.2 Å². The molecule has 0 amide bonds. The predicted octanol–water partition coefficient (Wildman–Crippen LogP) is 4.57. The lowest BCUT2D eigenvalue weighted by Gasteiger charge is -2.12. The van der Waals surface area contributed by atoms with Crippen molar-refractivity contribution >= 4 is 10.9 Å². The number of ether oxygens (including phenoxy) is 2. The van der Waals surface area contributed by atoms with E-state index in [1.807, 2.05) is 6.07 Å². The third-order valence-corrected chi connectivity index (χ3v) is 4.80. The quantitative estimate of drug-likeness (QED) is 0.424. The normalized spacial score (nSPS) is 11.0. The van der Waals surface area contributed by atoms with Gasteiger partial charge in [0, 0.05) is 29.9 Å². The molecular weight excluding hydrogens is 409 g/mol. The maximum atomic E-state index is 13.6. The summed E-state index contributed by atoms with van der Waals surface area (Å²) in [5.74, 6) is -2.85. The molecule has 0 radical (unpaired) electrons. The zero-order chi connectivity index (χ0) is 22.0. The van der Waals surface area contributed by atoms with Gasteiger partial charge in [0.05, 0.1) is 19.2 Å². The lowest BCUT2D eigenvalue weighted by atomic mass is 10.1. The van der Waals surface area contributed by atoms with Crippen LogP contribution >= 0.6 is 0 Å². The number of aromatic nitrogens is 2. The van der Waals surface area contributed by atoms with Crippen molar-refractivity contribution in [2.75, 3.05) is 13.7 Å². The molecule has 0 aliphatic heterocycles. The van der Waals surface area contributed by atoms with Crippen molar-refractivity contribution in [3.05, 3.63) is 88.7 Å². The number of hydrogen-bond donors (Lipinski definition) is 0. The molecular formula is C23H17F3N2O3. The average molecular weight is 426 g/mol. The molecule has 0 aliphatic carbocycles. The van der Waals surface area contributed by atoms with Crippen LogP contribution in [0.1, 0.15) is 0 Å².